The molecule has 3 rings (SSSR count). The quantitative estimate of drug-likeness (QED) is 0.429. The molecule has 3 heterocycles. The average Bonchev–Trinajstić information content (AvgIpc) is 3.03. The Hall–Kier alpha value is -1.89. The predicted octanol–water partition coefficient (Wildman–Crippen LogP) is 3.34. The predicted molar refractivity (Wildman–Crippen MR) is 80.2 cm³/mol. The van der Waals surface area contributed by atoms with Crippen LogP contribution in [0.2, 0.25) is 0 Å². The van der Waals surface area contributed by atoms with Gasteiger partial charge in [-0.25, -0.2) is 14.8 Å². The zero-order chi connectivity index (χ0) is 13.9. The lowest BCUT2D eigenvalue weighted by molar-refractivity contribution is -0.299. The van der Waals surface area contributed by atoms with Crippen LogP contribution in [0.4, 0.5) is 5.69 Å². The first-order valence-corrected chi connectivity index (χ1v) is 7.16. The molecule has 0 atom stereocenters. The number of nitrogens with one attached hydrogen (secondary N) is 1. The van der Waals surface area contributed by atoms with Gasteiger partial charge in [-0.3, -0.25) is 0 Å². The third-order valence-electron chi connectivity index (χ3n) is 2.95. The molecule has 0 fully saturated rings. The van der Waals surface area contributed by atoms with E-state index in [-0.39, 0.29) is 0 Å². The normalized spacial score (nSPS) is 11.2. The van der Waals surface area contributed by atoms with Gasteiger partial charge in [0.05, 0.1) is 11.5 Å². The van der Waals surface area contributed by atoms with Crippen molar-refractivity contribution in [3.8, 4) is 10.4 Å². The standard InChI is InChI=1S/C14H15N3O2S/c1-2-18-19-8-13-11(15)6-12(20-13)10-7-17-14-9(10)4-3-5-16-14/h3-7H,2,8,15H2,1H3,(H,16,17). The smallest absolute Gasteiger partial charge is 0.137 e. The van der Waals surface area contributed by atoms with Crippen LogP contribution in [0.5, 0.6) is 0 Å². The van der Waals surface area contributed by atoms with Gasteiger partial charge in [0, 0.05) is 33.9 Å². The first-order valence-electron chi connectivity index (χ1n) is 6.34. The van der Waals surface area contributed by atoms with Crippen molar-refractivity contribution in [2.24, 2.45) is 0 Å². The Morgan fingerprint density at radius 2 is 2.30 bits per heavy atom. The van der Waals surface area contributed by atoms with Gasteiger partial charge in [-0.05, 0) is 25.1 Å². The molecule has 5 nitrogen and oxygen atoms in total. The van der Waals surface area contributed by atoms with Gasteiger partial charge in [-0.15, -0.1) is 11.3 Å². The zero-order valence-electron chi connectivity index (χ0n) is 11.1. The molecule has 0 aliphatic carbocycles. The van der Waals surface area contributed by atoms with Crippen LogP contribution in [0.3, 0.4) is 0 Å². The second kappa shape index (κ2) is 5.62. The van der Waals surface area contributed by atoms with Gasteiger partial charge in [0.2, 0.25) is 0 Å². The topological polar surface area (TPSA) is 73.2 Å². The SMILES string of the molecule is CCOOCc1sc(-c2c[nH]c3ncccc23)cc1N. The lowest BCUT2D eigenvalue weighted by atomic mass is 10.2. The molecule has 0 bridgehead atoms. The highest BCUT2D eigenvalue weighted by molar-refractivity contribution is 7.16. The summed E-state index contributed by atoms with van der Waals surface area (Å²) in [5, 5.41) is 1.09. The Bertz CT molecular complexity index is 720. The number of aromatic amines is 1. The van der Waals surface area contributed by atoms with Crippen LogP contribution < -0.4 is 5.73 Å². The maximum atomic E-state index is 6.02. The molecule has 3 aromatic heterocycles. The van der Waals surface area contributed by atoms with Gasteiger partial charge in [0.1, 0.15) is 12.3 Å². The summed E-state index contributed by atoms with van der Waals surface area (Å²) in [5.74, 6) is 0. The second-order valence-electron chi connectivity index (χ2n) is 4.26. The van der Waals surface area contributed by atoms with Crippen molar-refractivity contribution in [1.29, 1.82) is 0 Å². The Balaban J connectivity index is 1.92. The number of pyridine rings is 1. The highest BCUT2D eigenvalue weighted by Crippen LogP contribution is 2.36. The van der Waals surface area contributed by atoms with Gasteiger partial charge >= 0.3 is 0 Å². The molecule has 0 saturated heterocycles. The molecule has 0 aliphatic heterocycles. The van der Waals surface area contributed by atoms with Crippen LogP contribution in [0, 0.1) is 0 Å². The van der Waals surface area contributed by atoms with Crippen LogP contribution in [0.1, 0.15) is 11.8 Å². The molecule has 0 radical (unpaired) electrons. The first-order chi connectivity index (χ1) is 9.79. The molecular formula is C14H15N3O2S. The summed E-state index contributed by atoms with van der Waals surface area (Å²) in [4.78, 5) is 19.5. The first kappa shape index (κ1) is 13.1. The van der Waals surface area contributed by atoms with Crippen molar-refractivity contribution in [2.45, 2.75) is 13.5 Å². The zero-order valence-corrected chi connectivity index (χ0v) is 11.9. The minimum Gasteiger partial charge on any atom is -0.398 e. The van der Waals surface area contributed by atoms with Crippen LogP contribution in [-0.2, 0) is 16.4 Å². The number of fused-ring (bicyclic) bond motifs is 1. The second-order valence-corrected chi connectivity index (χ2v) is 5.40. The molecule has 0 aliphatic rings. The Kier molecular flexibility index (Phi) is 3.68. The van der Waals surface area contributed by atoms with Crippen molar-refractivity contribution < 1.29 is 9.78 Å². The van der Waals surface area contributed by atoms with Gasteiger partial charge in [-0.2, -0.15) is 0 Å². The van der Waals surface area contributed by atoms with E-state index in [2.05, 4.69) is 9.97 Å². The molecule has 0 spiro atoms. The van der Waals surface area contributed by atoms with E-state index in [9.17, 15) is 0 Å². The number of hydrogen-bond acceptors (Lipinski definition) is 5. The number of anilines is 1. The summed E-state index contributed by atoms with van der Waals surface area (Å²) < 4.78 is 0. The summed E-state index contributed by atoms with van der Waals surface area (Å²) >= 11 is 1.60. The van der Waals surface area contributed by atoms with Crippen molar-refractivity contribution >= 4 is 28.1 Å². The van der Waals surface area contributed by atoms with Crippen LogP contribution >= 0.6 is 11.3 Å². The van der Waals surface area contributed by atoms with Gasteiger partial charge in [0.25, 0.3) is 0 Å². The summed E-state index contributed by atoms with van der Waals surface area (Å²) in [7, 11) is 0. The Morgan fingerprint density at radius 1 is 1.40 bits per heavy atom. The van der Waals surface area contributed by atoms with E-state index in [4.69, 9.17) is 15.5 Å². The van der Waals surface area contributed by atoms with E-state index < -0.39 is 0 Å². The summed E-state index contributed by atoms with van der Waals surface area (Å²) in [5.41, 5.74) is 8.73. The molecule has 0 amide bonds. The van der Waals surface area contributed by atoms with E-state index in [0.717, 1.165) is 32.0 Å². The number of nitrogens with two attached hydrogens (primary N) is 1. The van der Waals surface area contributed by atoms with Crippen LogP contribution in [-0.4, -0.2) is 16.6 Å². The van der Waals surface area contributed by atoms with Crippen molar-refractivity contribution in [2.75, 3.05) is 12.3 Å². The number of thiophene rings is 1. The van der Waals surface area contributed by atoms with Crippen LogP contribution in [0.15, 0.2) is 30.6 Å². The van der Waals surface area contributed by atoms with E-state index in [1.165, 1.54) is 0 Å². The third kappa shape index (κ3) is 2.40. The third-order valence-corrected chi connectivity index (χ3v) is 4.11. The minimum absolute atomic E-state index is 0.366. The van der Waals surface area contributed by atoms with Gasteiger partial charge < -0.3 is 10.7 Å². The largest absolute Gasteiger partial charge is 0.398 e. The van der Waals surface area contributed by atoms with Crippen molar-refractivity contribution in [3.63, 3.8) is 0 Å². The van der Waals surface area contributed by atoms with E-state index in [1.807, 2.05) is 31.3 Å². The van der Waals surface area contributed by atoms with Gasteiger partial charge in [0.15, 0.2) is 0 Å². The monoisotopic (exact) mass is 289 g/mol. The molecule has 104 valence electrons. The number of rotatable bonds is 5. The van der Waals surface area contributed by atoms with Crippen molar-refractivity contribution in [3.05, 3.63) is 35.5 Å². The fourth-order valence-electron chi connectivity index (χ4n) is 2.03. The fraction of sp³-hybridized carbons (Fsp3) is 0.214. The lowest BCUT2D eigenvalue weighted by Gasteiger charge is -1.99. The minimum atomic E-state index is 0.366. The van der Waals surface area contributed by atoms with E-state index in [0.29, 0.717) is 13.2 Å². The maximum absolute atomic E-state index is 6.02. The molecule has 6 heteroatoms. The highest BCUT2D eigenvalue weighted by atomic mass is 32.1. The Morgan fingerprint density at radius 3 is 3.15 bits per heavy atom. The van der Waals surface area contributed by atoms with Gasteiger partial charge in [-0.1, -0.05) is 0 Å². The van der Waals surface area contributed by atoms with Crippen LogP contribution in [0.25, 0.3) is 21.5 Å². The summed E-state index contributed by atoms with van der Waals surface area (Å²) in [6, 6.07) is 5.93. The summed E-state index contributed by atoms with van der Waals surface area (Å²) in [6.45, 7) is 2.76. The maximum Gasteiger partial charge on any atom is 0.137 e. The molecule has 0 aromatic carbocycles. The summed E-state index contributed by atoms with van der Waals surface area (Å²) in [6.07, 6.45) is 3.73. The lowest BCUT2D eigenvalue weighted by Crippen LogP contribution is -1.95. The number of nitrogens with zero attached hydrogens (tertiary/aromatic N) is 1. The average molecular weight is 289 g/mol. The van der Waals surface area contributed by atoms with Crippen molar-refractivity contribution in [1.82, 2.24) is 9.97 Å². The Labute approximate surface area is 120 Å². The molecule has 0 unspecified atom stereocenters. The number of hydrogen-bond donors (Lipinski definition) is 2. The molecule has 3 aromatic rings. The van der Waals surface area contributed by atoms with E-state index >= 15 is 0 Å². The number of nitrogen functional groups attached to an aromatic ring is 1. The van der Waals surface area contributed by atoms with E-state index in [1.54, 1.807) is 17.5 Å². The molecule has 0 saturated carbocycles. The highest BCUT2D eigenvalue weighted by Gasteiger charge is 2.12. The molecule has 3 N–H and O–H groups in total. The number of aromatic nitrogens is 2. The molecule has 20 heavy (non-hydrogen) atoms. The number of H-pyrrole nitrogens is 1. The molecular weight excluding hydrogens is 274 g/mol. The fourth-order valence-corrected chi connectivity index (χ4v) is 3.04.